The SMILES string of the molecule is N#Cc1nccc(NC2CCN(Cc3ccc(-n4c(-c5cccnc5N)nc5cnc(-c6ccc(F)cn6)nc54)cc3)CC2)n1. The number of anilines is 2. The third kappa shape index (κ3) is 5.86. The number of nitrogens with zero attached hydrogens (tertiary/aromatic N) is 10. The van der Waals surface area contributed by atoms with E-state index in [1.54, 1.807) is 30.7 Å². The molecule has 1 saturated heterocycles. The summed E-state index contributed by atoms with van der Waals surface area (Å²) in [7, 11) is 0. The van der Waals surface area contributed by atoms with Gasteiger partial charge in [-0.05, 0) is 60.9 Å². The second-order valence-corrected chi connectivity index (χ2v) is 10.7. The van der Waals surface area contributed by atoms with Crippen molar-refractivity contribution < 1.29 is 4.39 Å². The zero-order valence-corrected chi connectivity index (χ0v) is 24.0. The van der Waals surface area contributed by atoms with E-state index < -0.39 is 5.82 Å². The number of nitrogens with two attached hydrogens (primary N) is 1. The number of piperidine rings is 1. The van der Waals surface area contributed by atoms with Crippen molar-refractivity contribution in [3.05, 3.63) is 96.6 Å². The van der Waals surface area contributed by atoms with E-state index in [-0.39, 0.29) is 11.9 Å². The number of halogens is 1. The lowest BCUT2D eigenvalue weighted by Gasteiger charge is -2.32. The Kier molecular flexibility index (Phi) is 7.46. The summed E-state index contributed by atoms with van der Waals surface area (Å²) in [6, 6.07) is 18.9. The van der Waals surface area contributed by atoms with Gasteiger partial charge in [0.1, 0.15) is 34.7 Å². The molecule has 222 valence electrons. The average Bonchev–Trinajstić information content (AvgIpc) is 3.45. The molecule has 0 saturated carbocycles. The maximum Gasteiger partial charge on any atom is 0.234 e. The minimum atomic E-state index is -0.433. The maximum absolute atomic E-state index is 13.5. The summed E-state index contributed by atoms with van der Waals surface area (Å²) < 4.78 is 15.5. The van der Waals surface area contributed by atoms with Crippen molar-refractivity contribution in [3.63, 3.8) is 0 Å². The molecule has 0 unspecified atom stereocenters. The van der Waals surface area contributed by atoms with Gasteiger partial charge in [-0.2, -0.15) is 5.26 Å². The molecule has 5 aromatic heterocycles. The Labute approximate surface area is 257 Å². The molecule has 0 radical (unpaired) electrons. The molecule has 1 aliphatic rings. The predicted octanol–water partition coefficient (Wildman–Crippen LogP) is 4.40. The van der Waals surface area contributed by atoms with E-state index in [4.69, 9.17) is 21.0 Å². The Bertz CT molecular complexity index is 2010. The quantitative estimate of drug-likeness (QED) is 0.268. The molecule has 3 N–H and O–H groups in total. The number of rotatable bonds is 7. The third-order valence-corrected chi connectivity index (χ3v) is 7.73. The molecule has 45 heavy (non-hydrogen) atoms. The summed E-state index contributed by atoms with van der Waals surface area (Å²) in [6.07, 6.45) is 7.94. The molecular weight excluding hydrogens is 571 g/mol. The number of nitrogen functional groups attached to an aromatic ring is 1. The van der Waals surface area contributed by atoms with E-state index in [0.717, 1.165) is 44.4 Å². The summed E-state index contributed by atoms with van der Waals surface area (Å²) >= 11 is 0. The van der Waals surface area contributed by atoms with Crippen LogP contribution in [0.1, 0.15) is 24.2 Å². The lowest BCUT2D eigenvalue weighted by Crippen LogP contribution is -2.38. The van der Waals surface area contributed by atoms with Crippen LogP contribution >= 0.6 is 0 Å². The predicted molar refractivity (Wildman–Crippen MR) is 166 cm³/mol. The monoisotopic (exact) mass is 598 g/mol. The summed E-state index contributed by atoms with van der Waals surface area (Å²) in [4.78, 5) is 33.1. The van der Waals surface area contributed by atoms with Crippen LogP contribution in [0.3, 0.4) is 0 Å². The Morgan fingerprint density at radius 2 is 1.76 bits per heavy atom. The Morgan fingerprint density at radius 1 is 0.911 bits per heavy atom. The molecule has 6 aromatic rings. The fraction of sp³-hybridized carbons (Fsp3) is 0.188. The van der Waals surface area contributed by atoms with E-state index in [1.807, 2.05) is 34.9 Å². The van der Waals surface area contributed by atoms with Crippen LogP contribution < -0.4 is 11.1 Å². The van der Waals surface area contributed by atoms with Crippen molar-refractivity contribution in [3.8, 4) is 34.7 Å². The van der Waals surface area contributed by atoms with Gasteiger partial charge in [0.2, 0.25) is 5.82 Å². The number of hydrogen-bond acceptors (Lipinski definition) is 11. The highest BCUT2D eigenvalue weighted by atomic mass is 19.1. The van der Waals surface area contributed by atoms with Crippen LogP contribution in [-0.4, -0.2) is 63.5 Å². The highest BCUT2D eigenvalue weighted by molar-refractivity contribution is 5.83. The van der Waals surface area contributed by atoms with E-state index in [1.165, 1.54) is 11.6 Å². The molecule has 1 fully saturated rings. The second-order valence-electron chi connectivity index (χ2n) is 10.7. The molecular formula is C32H27FN12. The molecule has 0 bridgehead atoms. The Morgan fingerprint density at radius 3 is 2.51 bits per heavy atom. The molecule has 1 aliphatic heterocycles. The first kappa shape index (κ1) is 27.9. The fourth-order valence-electron chi connectivity index (χ4n) is 5.48. The van der Waals surface area contributed by atoms with Crippen molar-refractivity contribution in [1.29, 1.82) is 5.26 Å². The summed E-state index contributed by atoms with van der Waals surface area (Å²) in [5, 5.41) is 12.5. The maximum atomic E-state index is 13.5. The molecule has 0 aliphatic carbocycles. The summed E-state index contributed by atoms with van der Waals surface area (Å²) in [6.45, 7) is 2.68. The zero-order valence-electron chi connectivity index (χ0n) is 24.0. The topological polar surface area (TPSA) is 160 Å². The number of aromatic nitrogens is 8. The van der Waals surface area contributed by atoms with Crippen LogP contribution in [0.15, 0.2) is 79.4 Å². The largest absolute Gasteiger partial charge is 0.383 e. The second kappa shape index (κ2) is 12.0. The fourth-order valence-corrected chi connectivity index (χ4v) is 5.48. The van der Waals surface area contributed by atoms with Gasteiger partial charge in [0.25, 0.3) is 0 Å². The highest BCUT2D eigenvalue weighted by Gasteiger charge is 2.22. The molecule has 0 atom stereocenters. The molecule has 0 amide bonds. The zero-order chi connectivity index (χ0) is 30.8. The Hall–Kier alpha value is -5.87. The van der Waals surface area contributed by atoms with E-state index >= 15 is 0 Å². The van der Waals surface area contributed by atoms with Gasteiger partial charge in [0.05, 0.1) is 18.0 Å². The number of nitrogens with one attached hydrogen (secondary N) is 1. The standard InChI is InChI=1S/C32H27FN12/c33-21-5-8-25(38-17-21)30-39-18-26-32(43-30)45(31(41-26)24-2-1-12-37-29(24)35)23-6-3-20(4-7-23)19-44-14-10-22(11-15-44)40-27-9-13-36-28(16-34)42-27/h1-9,12-13,17-18,22H,10-11,14-15,19H2,(H2,35,37)(H,36,40,42). The van der Waals surface area contributed by atoms with Gasteiger partial charge in [0, 0.05) is 43.8 Å². The first-order chi connectivity index (χ1) is 22.0. The van der Waals surface area contributed by atoms with Crippen LogP contribution in [0.4, 0.5) is 16.0 Å². The number of fused-ring (bicyclic) bond motifs is 1. The van der Waals surface area contributed by atoms with Gasteiger partial charge < -0.3 is 11.1 Å². The minimum Gasteiger partial charge on any atom is -0.383 e. The normalized spacial score (nSPS) is 14.0. The summed E-state index contributed by atoms with van der Waals surface area (Å²) in [5.41, 5.74) is 10.6. The molecule has 1 aromatic carbocycles. The van der Waals surface area contributed by atoms with Crippen molar-refractivity contribution in [2.75, 3.05) is 24.1 Å². The Balaban J connectivity index is 1.13. The van der Waals surface area contributed by atoms with E-state index in [2.05, 4.69) is 47.3 Å². The van der Waals surface area contributed by atoms with Crippen LogP contribution in [0.5, 0.6) is 0 Å². The van der Waals surface area contributed by atoms with Gasteiger partial charge in [-0.15, -0.1) is 0 Å². The van der Waals surface area contributed by atoms with Gasteiger partial charge in [-0.3, -0.25) is 9.47 Å². The van der Waals surface area contributed by atoms with Crippen LogP contribution in [-0.2, 0) is 6.54 Å². The lowest BCUT2D eigenvalue weighted by molar-refractivity contribution is 0.211. The minimum absolute atomic E-state index is 0.165. The van der Waals surface area contributed by atoms with E-state index in [0.29, 0.717) is 45.7 Å². The van der Waals surface area contributed by atoms with Gasteiger partial charge in [0.15, 0.2) is 17.3 Å². The van der Waals surface area contributed by atoms with Crippen molar-refractivity contribution in [2.24, 2.45) is 0 Å². The molecule has 6 heterocycles. The molecule has 7 rings (SSSR count). The number of pyridine rings is 2. The first-order valence-electron chi connectivity index (χ1n) is 14.4. The smallest absolute Gasteiger partial charge is 0.234 e. The number of nitriles is 1. The third-order valence-electron chi connectivity index (χ3n) is 7.73. The number of hydrogen-bond donors (Lipinski definition) is 2. The van der Waals surface area contributed by atoms with Crippen LogP contribution in [0.2, 0.25) is 0 Å². The molecule has 13 heteroatoms. The van der Waals surface area contributed by atoms with Crippen molar-refractivity contribution >= 4 is 22.8 Å². The van der Waals surface area contributed by atoms with Crippen molar-refractivity contribution in [1.82, 2.24) is 44.4 Å². The number of benzene rings is 1. The van der Waals surface area contributed by atoms with E-state index in [9.17, 15) is 4.39 Å². The van der Waals surface area contributed by atoms with Crippen molar-refractivity contribution in [2.45, 2.75) is 25.4 Å². The number of imidazole rings is 1. The number of likely N-dealkylation sites (tertiary alicyclic amines) is 1. The molecule has 12 nitrogen and oxygen atoms in total. The van der Waals surface area contributed by atoms with Gasteiger partial charge in [-0.1, -0.05) is 12.1 Å². The lowest BCUT2D eigenvalue weighted by atomic mass is 10.0. The first-order valence-corrected chi connectivity index (χ1v) is 14.4. The van der Waals surface area contributed by atoms with Gasteiger partial charge >= 0.3 is 0 Å². The average molecular weight is 599 g/mol. The summed E-state index contributed by atoms with van der Waals surface area (Å²) in [5.74, 6) is 1.70. The molecule has 0 spiro atoms. The van der Waals surface area contributed by atoms with Crippen LogP contribution in [0.25, 0.3) is 39.8 Å². The highest BCUT2D eigenvalue weighted by Crippen LogP contribution is 2.31. The van der Waals surface area contributed by atoms with Gasteiger partial charge in [-0.25, -0.2) is 39.3 Å². The van der Waals surface area contributed by atoms with Crippen LogP contribution in [0, 0.1) is 17.1 Å².